The summed E-state index contributed by atoms with van der Waals surface area (Å²) in [5, 5.41) is 1.13. The van der Waals surface area contributed by atoms with E-state index in [1.807, 2.05) is 12.3 Å². The molecular formula is C20H31N3O. The van der Waals surface area contributed by atoms with Crippen molar-refractivity contribution in [3.05, 3.63) is 30.5 Å². The van der Waals surface area contributed by atoms with E-state index in [1.54, 1.807) is 7.11 Å². The number of unbranched alkanes of at least 4 members (excludes halogenated alkanes) is 2. The van der Waals surface area contributed by atoms with Crippen LogP contribution in [0.4, 0.5) is 5.69 Å². The van der Waals surface area contributed by atoms with Gasteiger partial charge in [0.15, 0.2) is 0 Å². The van der Waals surface area contributed by atoms with Gasteiger partial charge in [0.05, 0.1) is 18.3 Å². The van der Waals surface area contributed by atoms with Crippen molar-refractivity contribution in [2.75, 3.05) is 31.6 Å². The summed E-state index contributed by atoms with van der Waals surface area (Å²) < 4.78 is 5.52. The first kappa shape index (κ1) is 18.5. The molecule has 132 valence electrons. The molecule has 0 saturated carbocycles. The molecule has 0 aliphatic carbocycles. The van der Waals surface area contributed by atoms with E-state index in [1.165, 1.54) is 18.5 Å². The second-order valence-electron chi connectivity index (χ2n) is 6.53. The Morgan fingerprint density at radius 1 is 1.25 bits per heavy atom. The molecule has 0 fully saturated rings. The summed E-state index contributed by atoms with van der Waals surface area (Å²) in [5.74, 6) is 1.53. The van der Waals surface area contributed by atoms with Crippen LogP contribution in [0.25, 0.3) is 10.9 Å². The fourth-order valence-electron chi connectivity index (χ4n) is 2.94. The van der Waals surface area contributed by atoms with Crippen LogP contribution in [0.5, 0.6) is 5.75 Å². The summed E-state index contributed by atoms with van der Waals surface area (Å²) in [6.07, 6.45) is 6.46. The molecule has 1 aromatic heterocycles. The smallest absolute Gasteiger partial charge is 0.121 e. The molecule has 4 heteroatoms. The number of rotatable bonds is 10. The van der Waals surface area contributed by atoms with Gasteiger partial charge in [0.25, 0.3) is 0 Å². The van der Waals surface area contributed by atoms with Crippen LogP contribution in [0, 0.1) is 5.92 Å². The lowest BCUT2D eigenvalue weighted by Gasteiger charge is -2.29. The highest BCUT2D eigenvalue weighted by atomic mass is 16.5. The van der Waals surface area contributed by atoms with Crippen LogP contribution in [0.15, 0.2) is 30.5 Å². The minimum atomic E-state index is 0.643. The van der Waals surface area contributed by atoms with Gasteiger partial charge in [-0.1, -0.05) is 32.8 Å². The molecule has 4 nitrogen and oxygen atoms in total. The van der Waals surface area contributed by atoms with Gasteiger partial charge in [0.2, 0.25) is 0 Å². The van der Waals surface area contributed by atoms with Crippen LogP contribution >= 0.6 is 0 Å². The number of nitrogens with zero attached hydrogens (tertiary/aromatic N) is 2. The number of aromatic nitrogens is 1. The largest absolute Gasteiger partial charge is 0.497 e. The SMILES string of the molecule is CCC(C)CN(CCCCCN)c1cc(OC)cc2cccnc12. The maximum absolute atomic E-state index is 5.63. The van der Waals surface area contributed by atoms with Crippen molar-refractivity contribution in [1.82, 2.24) is 4.98 Å². The molecular weight excluding hydrogens is 298 g/mol. The summed E-state index contributed by atoms with van der Waals surface area (Å²) >= 11 is 0. The Labute approximate surface area is 146 Å². The fraction of sp³-hybridized carbons (Fsp3) is 0.550. The van der Waals surface area contributed by atoms with E-state index in [2.05, 4.69) is 41.9 Å². The van der Waals surface area contributed by atoms with Crippen LogP contribution < -0.4 is 15.4 Å². The van der Waals surface area contributed by atoms with Crippen molar-refractivity contribution in [3.8, 4) is 5.75 Å². The monoisotopic (exact) mass is 329 g/mol. The van der Waals surface area contributed by atoms with Crippen LogP contribution in [0.3, 0.4) is 0 Å². The average molecular weight is 329 g/mol. The van der Waals surface area contributed by atoms with Crippen molar-refractivity contribution >= 4 is 16.6 Å². The third kappa shape index (κ3) is 4.84. The molecule has 0 aliphatic heterocycles. The Morgan fingerprint density at radius 2 is 2.08 bits per heavy atom. The van der Waals surface area contributed by atoms with Gasteiger partial charge in [0, 0.05) is 30.7 Å². The van der Waals surface area contributed by atoms with E-state index in [0.29, 0.717) is 5.92 Å². The average Bonchev–Trinajstić information content (AvgIpc) is 2.63. The van der Waals surface area contributed by atoms with Gasteiger partial charge in [-0.3, -0.25) is 4.98 Å². The van der Waals surface area contributed by atoms with E-state index in [-0.39, 0.29) is 0 Å². The summed E-state index contributed by atoms with van der Waals surface area (Å²) in [6, 6.07) is 8.26. The van der Waals surface area contributed by atoms with E-state index in [4.69, 9.17) is 10.5 Å². The standard InChI is InChI=1S/C20H31N3O/c1-4-16(2)15-23(12-7-5-6-10-21)19-14-18(24-3)13-17-9-8-11-22-20(17)19/h8-9,11,13-14,16H,4-7,10,12,15,21H2,1-3H3. The van der Waals surface area contributed by atoms with E-state index in [9.17, 15) is 0 Å². The number of ether oxygens (including phenoxy) is 1. The number of benzene rings is 1. The molecule has 2 N–H and O–H groups in total. The molecule has 0 radical (unpaired) electrons. The fourth-order valence-corrected chi connectivity index (χ4v) is 2.94. The molecule has 24 heavy (non-hydrogen) atoms. The van der Waals surface area contributed by atoms with Crippen LogP contribution in [-0.4, -0.2) is 31.7 Å². The second-order valence-corrected chi connectivity index (χ2v) is 6.53. The Morgan fingerprint density at radius 3 is 2.79 bits per heavy atom. The molecule has 0 spiro atoms. The van der Waals surface area contributed by atoms with E-state index < -0.39 is 0 Å². The van der Waals surface area contributed by atoms with Crippen molar-refractivity contribution < 1.29 is 4.74 Å². The summed E-state index contributed by atoms with van der Waals surface area (Å²) in [6.45, 7) is 7.40. The number of pyridine rings is 1. The van der Waals surface area contributed by atoms with Crippen molar-refractivity contribution in [1.29, 1.82) is 0 Å². The molecule has 0 bridgehead atoms. The number of anilines is 1. The van der Waals surface area contributed by atoms with Crippen molar-refractivity contribution in [2.24, 2.45) is 11.7 Å². The van der Waals surface area contributed by atoms with Crippen molar-refractivity contribution in [3.63, 3.8) is 0 Å². The lowest BCUT2D eigenvalue weighted by Crippen LogP contribution is -2.30. The first-order chi connectivity index (χ1) is 11.7. The Bertz CT molecular complexity index is 629. The van der Waals surface area contributed by atoms with Crippen molar-refractivity contribution in [2.45, 2.75) is 39.5 Å². The molecule has 0 amide bonds. The zero-order valence-corrected chi connectivity index (χ0v) is 15.3. The Hall–Kier alpha value is -1.81. The van der Waals surface area contributed by atoms with Gasteiger partial charge in [-0.25, -0.2) is 0 Å². The van der Waals surface area contributed by atoms with Crippen LogP contribution in [-0.2, 0) is 0 Å². The topological polar surface area (TPSA) is 51.4 Å². The molecule has 0 aliphatic rings. The van der Waals surface area contributed by atoms with Gasteiger partial charge >= 0.3 is 0 Å². The number of hydrogen-bond acceptors (Lipinski definition) is 4. The Balaban J connectivity index is 2.33. The molecule has 1 atom stereocenters. The predicted octanol–water partition coefficient (Wildman–Crippen LogP) is 4.22. The quantitative estimate of drug-likeness (QED) is 0.663. The maximum Gasteiger partial charge on any atom is 0.121 e. The molecule has 1 heterocycles. The number of methoxy groups -OCH3 is 1. The van der Waals surface area contributed by atoms with Gasteiger partial charge in [0.1, 0.15) is 5.75 Å². The highest BCUT2D eigenvalue weighted by Crippen LogP contribution is 2.31. The third-order valence-corrected chi connectivity index (χ3v) is 4.60. The highest BCUT2D eigenvalue weighted by molar-refractivity contribution is 5.92. The Kier molecular flexibility index (Phi) is 7.32. The number of nitrogens with two attached hydrogens (primary N) is 1. The lowest BCUT2D eigenvalue weighted by molar-refractivity contribution is 0.415. The zero-order chi connectivity index (χ0) is 17.4. The summed E-state index contributed by atoms with van der Waals surface area (Å²) in [5.41, 5.74) is 7.87. The van der Waals surface area contributed by atoms with Crippen LogP contribution in [0.2, 0.25) is 0 Å². The number of fused-ring (bicyclic) bond motifs is 1. The van der Waals surface area contributed by atoms with Gasteiger partial charge in [-0.05, 0) is 37.4 Å². The molecule has 2 aromatic rings. The predicted molar refractivity (Wildman–Crippen MR) is 103 cm³/mol. The molecule has 2 rings (SSSR count). The van der Waals surface area contributed by atoms with E-state index in [0.717, 1.165) is 49.1 Å². The normalized spacial score (nSPS) is 12.3. The zero-order valence-electron chi connectivity index (χ0n) is 15.3. The number of hydrogen-bond donors (Lipinski definition) is 1. The summed E-state index contributed by atoms with van der Waals surface area (Å²) in [4.78, 5) is 7.11. The maximum atomic E-state index is 5.63. The van der Waals surface area contributed by atoms with E-state index >= 15 is 0 Å². The summed E-state index contributed by atoms with van der Waals surface area (Å²) in [7, 11) is 1.72. The minimum Gasteiger partial charge on any atom is -0.497 e. The molecule has 0 saturated heterocycles. The highest BCUT2D eigenvalue weighted by Gasteiger charge is 2.15. The first-order valence-corrected chi connectivity index (χ1v) is 9.07. The van der Waals surface area contributed by atoms with Crippen LogP contribution in [0.1, 0.15) is 39.5 Å². The third-order valence-electron chi connectivity index (χ3n) is 4.60. The second kappa shape index (κ2) is 9.48. The first-order valence-electron chi connectivity index (χ1n) is 9.07. The van der Waals surface area contributed by atoms with Gasteiger partial charge in [-0.2, -0.15) is 0 Å². The minimum absolute atomic E-state index is 0.643. The lowest BCUT2D eigenvalue weighted by atomic mass is 10.1. The molecule has 1 unspecified atom stereocenters. The van der Waals surface area contributed by atoms with Gasteiger partial charge < -0.3 is 15.4 Å². The van der Waals surface area contributed by atoms with Gasteiger partial charge in [-0.15, -0.1) is 0 Å². The molecule has 1 aromatic carbocycles.